The summed E-state index contributed by atoms with van der Waals surface area (Å²) in [5.41, 5.74) is 10.3. The van der Waals surface area contributed by atoms with Gasteiger partial charge in [0.15, 0.2) is 0 Å². The van der Waals surface area contributed by atoms with Gasteiger partial charge in [-0.3, -0.25) is 0 Å². The molecule has 2 aliphatic rings. The van der Waals surface area contributed by atoms with Gasteiger partial charge in [0, 0.05) is 0 Å². The first-order valence-electron chi connectivity index (χ1n) is 10.2. The summed E-state index contributed by atoms with van der Waals surface area (Å²) in [4.78, 5) is 0. The van der Waals surface area contributed by atoms with Crippen LogP contribution < -0.4 is 0 Å². The van der Waals surface area contributed by atoms with Crippen LogP contribution >= 0.6 is 7.92 Å². The fourth-order valence-corrected chi connectivity index (χ4v) is 10.1. The molecular formula is C27H25PTi. The molecule has 0 aromatic heterocycles. The average molecular weight is 428 g/mol. The van der Waals surface area contributed by atoms with Crippen LogP contribution in [0.1, 0.15) is 37.6 Å². The Bertz CT molecular complexity index is 1120. The maximum absolute atomic E-state index is 2.50. The van der Waals surface area contributed by atoms with Gasteiger partial charge >= 0.3 is 185 Å². The van der Waals surface area contributed by atoms with Crippen molar-refractivity contribution in [3.8, 4) is 11.1 Å². The van der Waals surface area contributed by atoms with Gasteiger partial charge in [0.05, 0.1) is 0 Å². The van der Waals surface area contributed by atoms with Crippen molar-refractivity contribution in [1.29, 1.82) is 0 Å². The standard InChI is InChI=1S/C16H13.C11H12P.Ti/c1-12-10-14-8-5-9-15(16(14)11-12)13-6-3-2-4-7-13;1-12(2)11-7-9-5-3-4-6-10(9)8-11;/h2-11H,1H3;3-8H,1-2H3;. The molecule has 29 heavy (non-hydrogen) atoms. The van der Waals surface area contributed by atoms with E-state index < -0.39 is 0 Å². The molecule has 0 spiro atoms. The van der Waals surface area contributed by atoms with E-state index in [1.165, 1.54) is 22.3 Å². The molecule has 0 aliphatic heterocycles. The van der Waals surface area contributed by atoms with E-state index in [1.807, 2.05) is 0 Å². The molecule has 2 heteroatoms. The molecule has 2 atom stereocenters. The van der Waals surface area contributed by atoms with E-state index in [4.69, 9.17) is 0 Å². The second-order valence-corrected chi connectivity index (χ2v) is 12.8. The van der Waals surface area contributed by atoms with Gasteiger partial charge < -0.3 is 0 Å². The summed E-state index contributed by atoms with van der Waals surface area (Å²) in [5, 5.41) is 1.71. The van der Waals surface area contributed by atoms with E-state index >= 15 is 0 Å². The summed E-state index contributed by atoms with van der Waals surface area (Å²) in [6.45, 7) is 7.20. The van der Waals surface area contributed by atoms with Crippen LogP contribution in [0.2, 0.25) is 0 Å². The van der Waals surface area contributed by atoms with E-state index in [1.54, 1.807) is 22.0 Å². The number of allylic oxidation sites excluding steroid dienone is 2. The van der Waals surface area contributed by atoms with Gasteiger partial charge in [-0.25, -0.2) is 0 Å². The fourth-order valence-electron chi connectivity index (χ4n) is 4.68. The zero-order chi connectivity index (χ0) is 20.0. The number of fused-ring (bicyclic) bond motifs is 2. The van der Waals surface area contributed by atoms with E-state index in [-0.39, 0.29) is 27.1 Å². The Morgan fingerprint density at radius 1 is 0.724 bits per heavy atom. The van der Waals surface area contributed by atoms with Crippen LogP contribution in [0.4, 0.5) is 0 Å². The molecule has 3 aromatic carbocycles. The van der Waals surface area contributed by atoms with Crippen LogP contribution in [-0.4, -0.2) is 13.3 Å². The zero-order valence-corrected chi connectivity index (χ0v) is 19.6. The van der Waals surface area contributed by atoms with Crippen LogP contribution in [0, 0.1) is 0 Å². The van der Waals surface area contributed by atoms with Crippen molar-refractivity contribution in [2.75, 3.05) is 13.3 Å². The summed E-state index contributed by atoms with van der Waals surface area (Å²) in [6.07, 6.45) is 4.97. The molecule has 0 saturated carbocycles. The Balaban J connectivity index is 1.54. The molecule has 0 N–H and O–H groups in total. The van der Waals surface area contributed by atoms with Crippen molar-refractivity contribution in [3.05, 3.63) is 106 Å². The van der Waals surface area contributed by atoms with E-state index in [0.29, 0.717) is 8.45 Å². The summed E-state index contributed by atoms with van der Waals surface area (Å²) < 4.78 is 1.30. The first-order valence-corrected chi connectivity index (χ1v) is 14.3. The van der Waals surface area contributed by atoms with Crippen molar-refractivity contribution in [1.82, 2.24) is 0 Å². The molecule has 0 nitrogen and oxygen atoms in total. The minimum atomic E-state index is -0.249. The Morgan fingerprint density at radius 3 is 2.24 bits per heavy atom. The molecule has 2 aliphatic carbocycles. The Morgan fingerprint density at radius 2 is 1.45 bits per heavy atom. The van der Waals surface area contributed by atoms with Gasteiger partial charge in [-0.05, 0) is 0 Å². The number of hydrogen-bond donors (Lipinski definition) is 0. The maximum atomic E-state index is 2.50. The molecule has 0 radical (unpaired) electrons. The SMILES string of the molecule is CC1=Cc2c(-c3ccccc3)cccc2[CH]1[Ti][CH]1C(P(C)C)=Cc2ccccc21. The molecule has 0 bridgehead atoms. The normalized spacial score (nSPS) is 19.6. The van der Waals surface area contributed by atoms with Crippen molar-refractivity contribution >= 4 is 20.1 Å². The van der Waals surface area contributed by atoms with E-state index in [2.05, 4.69) is 105 Å². The van der Waals surface area contributed by atoms with Crippen LogP contribution in [-0.2, 0) is 19.2 Å². The molecule has 0 heterocycles. The van der Waals surface area contributed by atoms with Gasteiger partial charge in [0.1, 0.15) is 0 Å². The topological polar surface area (TPSA) is 0 Å². The van der Waals surface area contributed by atoms with Gasteiger partial charge in [-0.2, -0.15) is 0 Å². The van der Waals surface area contributed by atoms with Crippen LogP contribution in [0.15, 0.2) is 83.7 Å². The Hall–Kier alpha value is -1.72. The van der Waals surface area contributed by atoms with E-state index in [0.717, 1.165) is 0 Å². The first kappa shape index (κ1) is 19.3. The summed E-state index contributed by atoms with van der Waals surface area (Å²) in [6, 6.07) is 26.9. The predicted molar refractivity (Wildman–Crippen MR) is 124 cm³/mol. The van der Waals surface area contributed by atoms with Gasteiger partial charge in [0.25, 0.3) is 0 Å². The molecule has 2 unspecified atom stereocenters. The van der Waals surface area contributed by atoms with Gasteiger partial charge in [-0.15, -0.1) is 0 Å². The molecule has 142 valence electrons. The Kier molecular flexibility index (Phi) is 5.21. The molecule has 0 fully saturated rings. The summed E-state index contributed by atoms with van der Waals surface area (Å²) in [7, 11) is -0.0585. The molecule has 0 saturated heterocycles. The zero-order valence-electron chi connectivity index (χ0n) is 17.2. The summed E-state index contributed by atoms with van der Waals surface area (Å²) >= 11 is -0.249. The van der Waals surface area contributed by atoms with Crippen molar-refractivity contribution < 1.29 is 19.2 Å². The van der Waals surface area contributed by atoms with Crippen LogP contribution in [0.3, 0.4) is 0 Å². The predicted octanol–water partition coefficient (Wildman–Crippen LogP) is 7.73. The third kappa shape index (κ3) is 3.42. The van der Waals surface area contributed by atoms with Crippen molar-refractivity contribution in [2.24, 2.45) is 0 Å². The fraction of sp³-hybridized carbons (Fsp3) is 0.185. The quantitative estimate of drug-likeness (QED) is 0.295. The Labute approximate surface area is 184 Å². The molecule has 0 amide bonds. The van der Waals surface area contributed by atoms with Crippen LogP contribution in [0.5, 0.6) is 0 Å². The van der Waals surface area contributed by atoms with E-state index in [9.17, 15) is 0 Å². The third-order valence-electron chi connectivity index (χ3n) is 6.12. The van der Waals surface area contributed by atoms with Crippen LogP contribution in [0.25, 0.3) is 23.3 Å². The molecular weight excluding hydrogens is 403 g/mol. The number of hydrogen-bond acceptors (Lipinski definition) is 0. The molecule has 5 rings (SSSR count). The number of rotatable bonds is 4. The average Bonchev–Trinajstić information content (AvgIpc) is 3.27. The van der Waals surface area contributed by atoms with Gasteiger partial charge in [-0.1, -0.05) is 0 Å². The number of benzene rings is 3. The third-order valence-corrected chi connectivity index (χ3v) is 11.1. The van der Waals surface area contributed by atoms with Gasteiger partial charge in [0.2, 0.25) is 0 Å². The van der Waals surface area contributed by atoms with Crippen molar-refractivity contribution in [3.63, 3.8) is 0 Å². The van der Waals surface area contributed by atoms with Crippen molar-refractivity contribution in [2.45, 2.75) is 15.4 Å². The molecule has 3 aromatic rings. The minimum absolute atomic E-state index is 0.0585. The monoisotopic (exact) mass is 428 g/mol. The second kappa shape index (κ2) is 7.84. The summed E-state index contributed by atoms with van der Waals surface area (Å²) in [5.74, 6) is 0. The second-order valence-electron chi connectivity index (χ2n) is 8.19. The first-order chi connectivity index (χ1) is 14.1.